The van der Waals surface area contributed by atoms with Crippen LogP contribution in [0, 0.1) is 5.41 Å². The molecule has 11 heavy (non-hydrogen) atoms. The van der Waals surface area contributed by atoms with E-state index in [1.807, 2.05) is 0 Å². The van der Waals surface area contributed by atoms with E-state index in [0.29, 0.717) is 3.92 Å². The fourth-order valence-corrected chi connectivity index (χ4v) is 1.24. The third-order valence-corrected chi connectivity index (χ3v) is 3.31. The van der Waals surface area contributed by atoms with Crippen molar-refractivity contribution in [2.24, 2.45) is 5.41 Å². The first-order chi connectivity index (χ1) is 4.88. The molecule has 0 aromatic rings. The Labute approximate surface area is 83.7 Å². The zero-order chi connectivity index (χ0) is 9.07. The minimum absolute atomic E-state index is 0.0403. The third kappa shape index (κ3) is 5.01. The van der Waals surface area contributed by atoms with Crippen LogP contribution in [0.1, 0.15) is 40.5 Å². The molecule has 0 aliphatic rings. The first kappa shape index (κ1) is 11.7. The van der Waals surface area contributed by atoms with Crippen molar-refractivity contribution in [2.45, 2.75) is 50.6 Å². The van der Waals surface area contributed by atoms with Crippen LogP contribution >= 0.6 is 22.6 Å². The summed E-state index contributed by atoms with van der Waals surface area (Å²) in [6.07, 6.45) is 1.90. The molecule has 0 aliphatic carbocycles. The van der Waals surface area contributed by atoms with Crippen LogP contribution in [0.5, 0.6) is 0 Å². The van der Waals surface area contributed by atoms with E-state index in [-0.39, 0.29) is 11.5 Å². The zero-order valence-corrected chi connectivity index (χ0v) is 10.1. The standard InChI is InChI=1S/C9H19IO/c1-5-7(10)6-8(11)9(2,3)4/h7-8,11H,5-6H2,1-4H3. The molecule has 1 N–H and O–H groups in total. The molecular formula is C9H19IO. The number of alkyl halides is 1. The average molecular weight is 270 g/mol. The van der Waals surface area contributed by atoms with Gasteiger partial charge >= 0.3 is 0 Å². The van der Waals surface area contributed by atoms with Crippen molar-refractivity contribution in [3.05, 3.63) is 0 Å². The molecule has 0 rings (SSSR count). The number of aliphatic hydroxyl groups is 1. The summed E-state index contributed by atoms with van der Waals surface area (Å²) in [5, 5.41) is 9.68. The quantitative estimate of drug-likeness (QED) is 0.617. The van der Waals surface area contributed by atoms with Crippen LogP contribution in [0.4, 0.5) is 0 Å². The summed E-state index contributed by atoms with van der Waals surface area (Å²) < 4.78 is 0.613. The zero-order valence-electron chi connectivity index (χ0n) is 7.89. The molecule has 0 saturated heterocycles. The van der Waals surface area contributed by atoms with E-state index in [2.05, 4.69) is 50.3 Å². The summed E-state index contributed by atoms with van der Waals surface area (Å²) >= 11 is 2.40. The van der Waals surface area contributed by atoms with Crippen molar-refractivity contribution in [1.29, 1.82) is 0 Å². The highest BCUT2D eigenvalue weighted by atomic mass is 127. The summed E-state index contributed by atoms with van der Waals surface area (Å²) in [7, 11) is 0. The number of hydrogen-bond donors (Lipinski definition) is 1. The van der Waals surface area contributed by atoms with Gasteiger partial charge in [-0.1, -0.05) is 50.3 Å². The molecule has 0 radical (unpaired) electrons. The number of aliphatic hydroxyl groups excluding tert-OH is 1. The van der Waals surface area contributed by atoms with Gasteiger partial charge in [0.2, 0.25) is 0 Å². The van der Waals surface area contributed by atoms with Crippen LogP contribution in [0.3, 0.4) is 0 Å². The van der Waals surface area contributed by atoms with E-state index in [4.69, 9.17) is 0 Å². The Morgan fingerprint density at radius 1 is 1.36 bits per heavy atom. The van der Waals surface area contributed by atoms with Crippen LogP contribution in [0.15, 0.2) is 0 Å². The molecule has 2 atom stereocenters. The smallest absolute Gasteiger partial charge is 0.0598 e. The van der Waals surface area contributed by atoms with Crippen molar-refractivity contribution >= 4 is 22.6 Å². The maximum Gasteiger partial charge on any atom is 0.0598 e. The van der Waals surface area contributed by atoms with Crippen molar-refractivity contribution in [1.82, 2.24) is 0 Å². The average Bonchev–Trinajstić information content (AvgIpc) is 1.85. The molecule has 0 saturated carbocycles. The van der Waals surface area contributed by atoms with E-state index in [1.165, 1.54) is 0 Å². The normalized spacial score (nSPS) is 18.0. The van der Waals surface area contributed by atoms with E-state index in [9.17, 15) is 5.11 Å². The molecule has 68 valence electrons. The van der Waals surface area contributed by atoms with Crippen molar-refractivity contribution < 1.29 is 5.11 Å². The molecular weight excluding hydrogens is 251 g/mol. The first-order valence-electron chi connectivity index (χ1n) is 4.20. The fourth-order valence-electron chi connectivity index (χ4n) is 0.762. The number of halogens is 1. The van der Waals surface area contributed by atoms with Crippen LogP contribution in [0.2, 0.25) is 0 Å². The predicted molar refractivity (Wildman–Crippen MR) is 58.2 cm³/mol. The minimum Gasteiger partial charge on any atom is -0.393 e. The molecule has 0 spiro atoms. The molecule has 2 unspecified atom stereocenters. The van der Waals surface area contributed by atoms with Gasteiger partial charge in [0.15, 0.2) is 0 Å². The van der Waals surface area contributed by atoms with Gasteiger partial charge in [-0.25, -0.2) is 0 Å². The second-order valence-electron chi connectivity index (χ2n) is 4.12. The second-order valence-corrected chi connectivity index (χ2v) is 5.88. The Kier molecular flexibility index (Phi) is 4.94. The lowest BCUT2D eigenvalue weighted by molar-refractivity contribution is 0.0562. The third-order valence-electron chi connectivity index (χ3n) is 1.92. The Hall–Kier alpha value is 0.690. The highest BCUT2D eigenvalue weighted by Gasteiger charge is 2.23. The fraction of sp³-hybridized carbons (Fsp3) is 1.00. The SMILES string of the molecule is CCC(I)CC(O)C(C)(C)C. The number of hydrogen-bond acceptors (Lipinski definition) is 1. The molecule has 0 aromatic heterocycles. The summed E-state index contributed by atoms with van der Waals surface area (Å²) in [5.41, 5.74) is 0.0403. The molecule has 2 heteroatoms. The van der Waals surface area contributed by atoms with E-state index >= 15 is 0 Å². The summed E-state index contributed by atoms with van der Waals surface area (Å²) in [5.74, 6) is 0. The van der Waals surface area contributed by atoms with Gasteiger partial charge < -0.3 is 5.11 Å². The minimum atomic E-state index is -0.163. The second kappa shape index (κ2) is 4.65. The lowest BCUT2D eigenvalue weighted by atomic mass is 9.86. The van der Waals surface area contributed by atoms with Gasteiger partial charge in [-0.05, 0) is 18.3 Å². The summed E-state index contributed by atoms with van der Waals surface area (Å²) in [6.45, 7) is 8.40. The van der Waals surface area contributed by atoms with E-state index in [0.717, 1.165) is 12.8 Å². The van der Waals surface area contributed by atoms with Gasteiger partial charge in [-0.3, -0.25) is 0 Å². The van der Waals surface area contributed by atoms with Gasteiger partial charge in [-0.2, -0.15) is 0 Å². The first-order valence-corrected chi connectivity index (χ1v) is 5.44. The van der Waals surface area contributed by atoms with Crippen molar-refractivity contribution in [3.8, 4) is 0 Å². The predicted octanol–water partition coefficient (Wildman–Crippen LogP) is 3.00. The summed E-state index contributed by atoms with van der Waals surface area (Å²) in [6, 6.07) is 0. The Morgan fingerprint density at radius 2 is 1.82 bits per heavy atom. The highest BCUT2D eigenvalue weighted by Crippen LogP contribution is 2.25. The lowest BCUT2D eigenvalue weighted by Crippen LogP contribution is -2.28. The Bertz CT molecular complexity index is 107. The van der Waals surface area contributed by atoms with Crippen molar-refractivity contribution in [3.63, 3.8) is 0 Å². The van der Waals surface area contributed by atoms with Crippen molar-refractivity contribution in [2.75, 3.05) is 0 Å². The molecule has 0 heterocycles. The molecule has 1 nitrogen and oxygen atoms in total. The molecule has 0 bridgehead atoms. The van der Waals surface area contributed by atoms with Gasteiger partial charge in [-0.15, -0.1) is 0 Å². The van der Waals surface area contributed by atoms with Gasteiger partial charge in [0.05, 0.1) is 6.10 Å². The maximum atomic E-state index is 9.68. The summed E-state index contributed by atoms with van der Waals surface area (Å²) in [4.78, 5) is 0. The molecule has 0 aromatic carbocycles. The molecule has 0 fully saturated rings. The largest absolute Gasteiger partial charge is 0.393 e. The van der Waals surface area contributed by atoms with Crippen LogP contribution in [0.25, 0.3) is 0 Å². The Balaban J connectivity index is 3.77. The van der Waals surface area contributed by atoms with E-state index in [1.54, 1.807) is 0 Å². The van der Waals surface area contributed by atoms with Gasteiger partial charge in [0, 0.05) is 3.92 Å². The van der Waals surface area contributed by atoms with E-state index < -0.39 is 0 Å². The van der Waals surface area contributed by atoms with Crippen LogP contribution < -0.4 is 0 Å². The lowest BCUT2D eigenvalue weighted by Gasteiger charge is -2.27. The number of rotatable bonds is 3. The monoisotopic (exact) mass is 270 g/mol. The molecule has 0 aliphatic heterocycles. The maximum absolute atomic E-state index is 9.68. The van der Waals surface area contributed by atoms with Gasteiger partial charge in [0.25, 0.3) is 0 Å². The topological polar surface area (TPSA) is 20.2 Å². The van der Waals surface area contributed by atoms with Crippen LogP contribution in [-0.4, -0.2) is 15.1 Å². The van der Waals surface area contributed by atoms with Gasteiger partial charge in [0.1, 0.15) is 0 Å². The van der Waals surface area contributed by atoms with Crippen LogP contribution in [-0.2, 0) is 0 Å². The molecule has 0 amide bonds. The Morgan fingerprint density at radius 3 is 2.09 bits per heavy atom. The highest BCUT2D eigenvalue weighted by molar-refractivity contribution is 14.1.